The molecule has 0 saturated carbocycles. The van der Waals surface area contributed by atoms with Gasteiger partial charge in [-0.15, -0.1) is 0 Å². The second-order valence-corrected chi connectivity index (χ2v) is 7.92. The van der Waals surface area contributed by atoms with Crippen molar-refractivity contribution >= 4 is 5.91 Å². The van der Waals surface area contributed by atoms with Crippen LogP contribution < -0.4 is 5.32 Å². The molecule has 0 aliphatic carbocycles. The van der Waals surface area contributed by atoms with Gasteiger partial charge >= 0.3 is 0 Å². The van der Waals surface area contributed by atoms with Gasteiger partial charge in [-0.2, -0.15) is 0 Å². The van der Waals surface area contributed by atoms with E-state index in [1.807, 2.05) is 12.3 Å². The molecular formula is C23H31N3O2. The van der Waals surface area contributed by atoms with Crippen LogP contribution >= 0.6 is 0 Å². The molecule has 1 aliphatic heterocycles. The van der Waals surface area contributed by atoms with Crippen LogP contribution in [0.3, 0.4) is 0 Å². The maximum Gasteiger partial charge on any atom is 0.226 e. The summed E-state index contributed by atoms with van der Waals surface area (Å²) >= 11 is 0. The molecule has 1 aromatic carbocycles. The Morgan fingerprint density at radius 1 is 1.14 bits per heavy atom. The lowest BCUT2D eigenvalue weighted by molar-refractivity contribution is -0.136. The lowest BCUT2D eigenvalue weighted by Gasteiger charge is -2.36. The molecule has 1 fully saturated rings. The molecule has 28 heavy (non-hydrogen) atoms. The van der Waals surface area contributed by atoms with E-state index in [1.165, 1.54) is 5.56 Å². The first-order valence-corrected chi connectivity index (χ1v) is 10.1. The standard InChI is InChI=1S/C23H31N3O2/c1-26(2)14-4-13-25-22(27)23(10-15-28-16-11-23)17-19-6-8-20(9-7-19)21-5-3-12-24-18-21/h3,5-9,12,18H,4,10-11,13-17H2,1-2H3,(H,25,27). The molecule has 150 valence electrons. The molecule has 0 bridgehead atoms. The number of hydrogen-bond donors (Lipinski definition) is 1. The zero-order chi connectivity index (χ0) is 19.8. The summed E-state index contributed by atoms with van der Waals surface area (Å²) in [5.74, 6) is 0.172. The number of hydrogen-bond acceptors (Lipinski definition) is 4. The molecule has 5 nitrogen and oxygen atoms in total. The summed E-state index contributed by atoms with van der Waals surface area (Å²) < 4.78 is 5.55. The highest BCUT2D eigenvalue weighted by molar-refractivity contribution is 5.83. The van der Waals surface area contributed by atoms with Crippen molar-refractivity contribution in [2.45, 2.75) is 25.7 Å². The molecule has 0 radical (unpaired) electrons. The molecule has 0 atom stereocenters. The number of amides is 1. The highest BCUT2D eigenvalue weighted by Gasteiger charge is 2.39. The third kappa shape index (κ3) is 5.40. The number of nitrogens with zero attached hydrogens (tertiary/aromatic N) is 2. The van der Waals surface area contributed by atoms with Gasteiger partial charge in [-0.05, 0) is 69.1 Å². The molecule has 1 aromatic heterocycles. The molecule has 3 rings (SSSR count). The van der Waals surface area contributed by atoms with E-state index in [0.29, 0.717) is 13.2 Å². The van der Waals surface area contributed by atoms with Crippen molar-refractivity contribution in [2.75, 3.05) is 40.4 Å². The van der Waals surface area contributed by atoms with Crippen LogP contribution in [0.15, 0.2) is 48.8 Å². The van der Waals surface area contributed by atoms with Gasteiger partial charge in [-0.3, -0.25) is 9.78 Å². The Balaban J connectivity index is 1.67. The summed E-state index contributed by atoms with van der Waals surface area (Å²) in [6.45, 7) is 3.00. The Kier molecular flexibility index (Phi) is 7.18. The smallest absolute Gasteiger partial charge is 0.226 e. The van der Waals surface area contributed by atoms with Gasteiger partial charge in [0.25, 0.3) is 0 Å². The highest BCUT2D eigenvalue weighted by Crippen LogP contribution is 2.35. The molecular weight excluding hydrogens is 350 g/mol. The van der Waals surface area contributed by atoms with Crippen LogP contribution in [-0.2, 0) is 16.0 Å². The van der Waals surface area contributed by atoms with Crippen molar-refractivity contribution in [3.8, 4) is 11.1 Å². The SMILES string of the molecule is CN(C)CCCNC(=O)C1(Cc2ccc(-c3cccnc3)cc2)CCOCC1. The van der Waals surface area contributed by atoms with Gasteiger partial charge in [-0.25, -0.2) is 0 Å². The molecule has 2 heterocycles. The predicted octanol–water partition coefficient (Wildman–Crippen LogP) is 3.16. The van der Waals surface area contributed by atoms with E-state index in [0.717, 1.165) is 49.9 Å². The number of aromatic nitrogens is 1. The summed E-state index contributed by atoms with van der Waals surface area (Å²) in [7, 11) is 4.11. The molecule has 5 heteroatoms. The van der Waals surface area contributed by atoms with E-state index in [1.54, 1.807) is 6.20 Å². The predicted molar refractivity (Wildman–Crippen MR) is 112 cm³/mol. The van der Waals surface area contributed by atoms with Crippen molar-refractivity contribution in [3.63, 3.8) is 0 Å². The van der Waals surface area contributed by atoms with Crippen molar-refractivity contribution in [3.05, 3.63) is 54.4 Å². The fourth-order valence-corrected chi connectivity index (χ4v) is 3.77. The molecule has 0 spiro atoms. The third-order valence-corrected chi connectivity index (χ3v) is 5.49. The van der Waals surface area contributed by atoms with Crippen molar-refractivity contribution in [2.24, 2.45) is 5.41 Å². The number of benzene rings is 1. The van der Waals surface area contributed by atoms with E-state index in [-0.39, 0.29) is 11.3 Å². The fraction of sp³-hybridized carbons (Fsp3) is 0.478. The summed E-state index contributed by atoms with van der Waals surface area (Å²) in [4.78, 5) is 19.4. The summed E-state index contributed by atoms with van der Waals surface area (Å²) in [5.41, 5.74) is 3.07. The molecule has 2 aromatic rings. The number of ether oxygens (including phenoxy) is 1. The van der Waals surface area contributed by atoms with Crippen LogP contribution in [0.25, 0.3) is 11.1 Å². The zero-order valence-electron chi connectivity index (χ0n) is 17.0. The summed E-state index contributed by atoms with van der Waals surface area (Å²) in [5, 5.41) is 3.18. The van der Waals surface area contributed by atoms with Crippen LogP contribution in [0.5, 0.6) is 0 Å². The normalized spacial score (nSPS) is 16.1. The average molecular weight is 382 g/mol. The Morgan fingerprint density at radius 3 is 2.54 bits per heavy atom. The largest absolute Gasteiger partial charge is 0.381 e. The number of rotatable bonds is 8. The lowest BCUT2D eigenvalue weighted by atomic mass is 9.74. The van der Waals surface area contributed by atoms with Gasteiger partial charge < -0.3 is 15.0 Å². The highest BCUT2D eigenvalue weighted by atomic mass is 16.5. The lowest BCUT2D eigenvalue weighted by Crippen LogP contribution is -2.46. The van der Waals surface area contributed by atoms with Crippen LogP contribution in [0.4, 0.5) is 0 Å². The second-order valence-electron chi connectivity index (χ2n) is 7.92. The maximum atomic E-state index is 13.1. The van der Waals surface area contributed by atoms with E-state index in [4.69, 9.17) is 4.74 Å². The Hall–Kier alpha value is -2.24. The Bertz CT molecular complexity index is 738. The monoisotopic (exact) mass is 381 g/mol. The van der Waals surface area contributed by atoms with Crippen molar-refractivity contribution in [1.82, 2.24) is 15.2 Å². The molecule has 0 unspecified atom stereocenters. The van der Waals surface area contributed by atoms with Gasteiger partial charge in [0.2, 0.25) is 5.91 Å². The first-order chi connectivity index (χ1) is 13.6. The molecule has 1 aliphatic rings. The van der Waals surface area contributed by atoms with E-state index in [9.17, 15) is 4.79 Å². The summed E-state index contributed by atoms with van der Waals surface area (Å²) in [6.07, 6.45) is 6.92. The van der Waals surface area contributed by atoms with Gasteiger partial charge in [0.15, 0.2) is 0 Å². The zero-order valence-corrected chi connectivity index (χ0v) is 17.0. The van der Waals surface area contributed by atoms with Gasteiger partial charge in [0, 0.05) is 32.2 Å². The number of nitrogens with one attached hydrogen (secondary N) is 1. The van der Waals surface area contributed by atoms with Crippen LogP contribution in [0, 0.1) is 5.41 Å². The first-order valence-electron chi connectivity index (χ1n) is 10.1. The molecule has 1 saturated heterocycles. The van der Waals surface area contributed by atoms with E-state index >= 15 is 0 Å². The molecule has 1 N–H and O–H groups in total. The van der Waals surface area contributed by atoms with Crippen LogP contribution in [-0.4, -0.2) is 56.2 Å². The molecule has 1 amide bonds. The maximum absolute atomic E-state index is 13.1. The van der Waals surface area contributed by atoms with Gasteiger partial charge in [0.1, 0.15) is 0 Å². The number of carbonyl (C=O) groups excluding carboxylic acids is 1. The first kappa shape index (κ1) is 20.5. The van der Waals surface area contributed by atoms with Gasteiger partial charge in [-0.1, -0.05) is 30.3 Å². The van der Waals surface area contributed by atoms with Crippen molar-refractivity contribution < 1.29 is 9.53 Å². The minimum Gasteiger partial charge on any atom is -0.381 e. The van der Waals surface area contributed by atoms with E-state index < -0.39 is 0 Å². The average Bonchev–Trinajstić information content (AvgIpc) is 2.73. The Morgan fingerprint density at radius 2 is 1.89 bits per heavy atom. The number of carbonyl (C=O) groups is 1. The van der Waals surface area contributed by atoms with Crippen molar-refractivity contribution in [1.29, 1.82) is 0 Å². The third-order valence-electron chi connectivity index (χ3n) is 5.49. The topological polar surface area (TPSA) is 54.5 Å². The number of pyridine rings is 1. The van der Waals surface area contributed by atoms with Crippen LogP contribution in [0.2, 0.25) is 0 Å². The fourth-order valence-electron chi connectivity index (χ4n) is 3.77. The quantitative estimate of drug-likeness (QED) is 0.714. The minimum atomic E-state index is -0.369. The Labute approximate surface area is 168 Å². The van der Waals surface area contributed by atoms with Crippen LogP contribution in [0.1, 0.15) is 24.8 Å². The van der Waals surface area contributed by atoms with E-state index in [2.05, 4.69) is 59.6 Å². The van der Waals surface area contributed by atoms with Gasteiger partial charge in [0.05, 0.1) is 5.41 Å². The second kappa shape index (κ2) is 9.80. The summed E-state index contributed by atoms with van der Waals surface area (Å²) in [6, 6.07) is 12.5. The minimum absolute atomic E-state index is 0.172.